The first-order chi connectivity index (χ1) is 14.5. The van der Waals surface area contributed by atoms with Crippen molar-refractivity contribution in [3.63, 3.8) is 0 Å². The number of aryl methyl sites for hydroxylation is 3. The molecular weight excluding hydrogens is 396 g/mol. The van der Waals surface area contributed by atoms with Gasteiger partial charge in [0.1, 0.15) is 15.9 Å². The minimum atomic E-state index is -0.204. The molecule has 0 saturated carbocycles. The van der Waals surface area contributed by atoms with Crippen LogP contribution in [0.5, 0.6) is 0 Å². The minimum Gasteiger partial charge on any atom is -0.266 e. The molecule has 30 heavy (non-hydrogen) atoms. The molecule has 0 aliphatic rings. The van der Waals surface area contributed by atoms with Crippen molar-refractivity contribution in [2.75, 3.05) is 0 Å². The molecular formula is C22H18N6OS. The zero-order valence-electron chi connectivity index (χ0n) is 16.7. The number of benzene rings is 1. The van der Waals surface area contributed by atoms with Crippen molar-refractivity contribution in [3.05, 3.63) is 81.8 Å². The summed E-state index contributed by atoms with van der Waals surface area (Å²) in [5, 5.41) is 9.82. The summed E-state index contributed by atoms with van der Waals surface area (Å²) < 4.78 is 3.62. The molecule has 4 heterocycles. The molecule has 0 N–H and O–H groups in total. The van der Waals surface area contributed by atoms with Gasteiger partial charge in [-0.3, -0.25) is 4.79 Å². The molecule has 0 atom stereocenters. The molecule has 0 aliphatic carbocycles. The Bertz CT molecular complexity index is 1490. The Kier molecular flexibility index (Phi) is 4.29. The zero-order valence-corrected chi connectivity index (χ0v) is 17.5. The first-order valence-corrected chi connectivity index (χ1v) is 10.3. The first kappa shape index (κ1) is 18.4. The highest BCUT2D eigenvalue weighted by Crippen LogP contribution is 2.31. The molecule has 7 nitrogen and oxygen atoms in total. The highest BCUT2D eigenvalue weighted by Gasteiger charge is 2.14. The molecule has 0 spiro atoms. The molecule has 4 aromatic heterocycles. The lowest BCUT2D eigenvalue weighted by Gasteiger charge is -1.99. The van der Waals surface area contributed by atoms with Crippen LogP contribution < -0.4 is 5.56 Å². The largest absolute Gasteiger partial charge is 0.291 e. The van der Waals surface area contributed by atoms with Crippen LogP contribution in [0.25, 0.3) is 26.1 Å². The fourth-order valence-electron chi connectivity index (χ4n) is 3.48. The first-order valence-electron chi connectivity index (χ1n) is 9.45. The van der Waals surface area contributed by atoms with Crippen molar-refractivity contribution in [1.29, 1.82) is 0 Å². The van der Waals surface area contributed by atoms with E-state index in [2.05, 4.69) is 20.2 Å². The molecule has 0 bridgehead atoms. The number of hydrogen-bond acceptors (Lipinski definition) is 6. The van der Waals surface area contributed by atoms with E-state index in [0.717, 1.165) is 38.4 Å². The Labute approximate surface area is 176 Å². The van der Waals surface area contributed by atoms with Gasteiger partial charge < -0.3 is 0 Å². The topological polar surface area (TPSA) is 78.0 Å². The number of pyridine rings is 1. The van der Waals surface area contributed by atoms with Gasteiger partial charge in [-0.15, -0.1) is 11.3 Å². The lowest BCUT2D eigenvalue weighted by atomic mass is 10.1. The Balaban J connectivity index is 1.56. The molecule has 0 unspecified atom stereocenters. The van der Waals surface area contributed by atoms with Crippen LogP contribution in [0.1, 0.15) is 22.5 Å². The fourth-order valence-corrected chi connectivity index (χ4v) is 4.65. The zero-order chi connectivity index (χ0) is 20.8. The van der Waals surface area contributed by atoms with Gasteiger partial charge in [-0.25, -0.2) is 14.6 Å². The van der Waals surface area contributed by atoms with E-state index in [1.54, 1.807) is 10.9 Å². The minimum absolute atomic E-state index is 0.204. The Morgan fingerprint density at radius 2 is 1.93 bits per heavy atom. The summed E-state index contributed by atoms with van der Waals surface area (Å²) >= 11 is 1.36. The van der Waals surface area contributed by atoms with E-state index in [-0.39, 0.29) is 5.56 Å². The van der Waals surface area contributed by atoms with E-state index in [1.165, 1.54) is 22.3 Å². The second kappa shape index (κ2) is 7.00. The maximum absolute atomic E-state index is 13.0. The monoisotopic (exact) mass is 414 g/mol. The van der Waals surface area contributed by atoms with Crippen molar-refractivity contribution < 1.29 is 0 Å². The normalized spacial score (nSPS) is 11.8. The van der Waals surface area contributed by atoms with E-state index < -0.39 is 0 Å². The van der Waals surface area contributed by atoms with Gasteiger partial charge in [0.25, 0.3) is 5.56 Å². The summed E-state index contributed by atoms with van der Waals surface area (Å²) in [4.78, 5) is 22.9. The third kappa shape index (κ3) is 3.02. The molecule has 5 aromatic rings. The SMILES string of the molecule is Cc1cc(C)c2c(n1)sc1c(=O)n(N=Cc3cn(-c4ccccc4)nc3C)cnc12. The molecule has 5 rings (SSSR count). The summed E-state index contributed by atoms with van der Waals surface area (Å²) in [6, 6.07) is 11.9. The maximum atomic E-state index is 13.0. The lowest BCUT2D eigenvalue weighted by molar-refractivity contribution is 0.819. The van der Waals surface area contributed by atoms with Crippen molar-refractivity contribution in [3.8, 4) is 5.69 Å². The Hall–Kier alpha value is -3.65. The second-order valence-corrected chi connectivity index (χ2v) is 8.13. The van der Waals surface area contributed by atoms with E-state index >= 15 is 0 Å². The number of nitrogens with zero attached hydrogens (tertiary/aromatic N) is 6. The van der Waals surface area contributed by atoms with Crippen LogP contribution in [-0.2, 0) is 0 Å². The number of hydrogen-bond donors (Lipinski definition) is 0. The summed E-state index contributed by atoms with van der Waals surface area (Å²) in [5.41, 5.74) is 5.09. The fraction of sp³-hybridized carbons (Fsp3) is 0.136. The summed E-state index contributed by atoms with van der Waals surface area (Å²) in [6.45, 7) is 5.88. The predicted octanol–water partition coefficient (Wildman–Crippen LogP) is 4.00. The van der Waals surface area contributed by atoms with E-state index in [1.807, 2.05) is 63.4 Å². The third-order valence-electron chi connectivity index (χ3n) is 4.94. The molecule has 148 valence electrons. The highest BCUT2D eigenvalue weighted by atomic mass is 32.1. The number of aromatic nitrogens is 5. The van der Waals surface area contributed by atoms with E-state index in [0.29, 0.717) is 10.2 Å². The molecule has 8 heteroatoms. The smallest absolute Gasteiger partial charge is 0.266 e. The average Bonchev–Trinajstić information content (AvgIpc) is 3.29. The van der Waals surface area contributed by atoms with Gasteiger partial charge in [-0.05, 0) is 44.5 Å². The van der Waals surface area contributed by atoms with Gasteiger partial charge in [0.05, 0.1) is 23.1 Å². The molecule has 0 fully saturated rings. The summed E-state index contributed by atoms with van der Waals surface area (Å²) in [6.07, 6.45) is 4.99. The molecule has 0 saturated heterocycles. The summed E-state index contributed by atoms with van der Waals surface area (Å²) in [5.74, 6) is 0. The van der Waals surface area contributed by atoms with Crippen molar-refractivity contribution in [1.82, 2.24) is 24.4 Å². The predicted molar refractivity (Wildman–Crippen MR) is 120 cm³/mol. The molecule has 1 aromatic carbocycles. The second-order valence-electron chi connectivity index (χ2n) is 7.13. The number of rotatable bonds is 3. The van der Waals surface area contributed by atoms with Crippen LogP contribution in [0.4, 0.5) is 0 Å². The van der Waals surface area contributed by atoms with Crippen molar-refractivity contribution in [2.24, 2.45) is 5.10 Å². The van der Waals surface area contributed by atoms with Crippen LogP contribution in [0.2, 0.25) is 0 Å². The summed E-state index contributed by atoms with van der Waals surface area (Å²) in [7, 11) is 0. The van der Waals surface area contributed by atoms with Crippen LogP contribution in [0.15, 0.2) is 58.8 Å². The van der Waals surface area contributed by atoms with Gasteiger partial charge in [0.15, 0.2) is 0 Å². The third-order valence-corrected chi connectivity index (χ3v) is 6.00. The lowest BCUT2D eigenvalue weighted by Crippen LogP contribution is -2.15. The number of thiophene rings is 1. The highest BCUT2D eigenvalue weighted by molar-refractivity contribution is 7.25. The molecule has 0 aliphatic heterocycles. The van der Waals surface area contributed by atoms with Crippen LogP contribution >= 0.6 is 11.3 Å². The average molecular weight is 414 g/mol. The van der Waals surface area contributed by atoms with Gasteiger partial charge in [-0.1, -0.05) is 18.2 Å². The van der Waals surface area contributed by atoms with Crippen molar-refractivity contribution >= 4 is 38.0 Å². The van der Waals surface area contributed by atoms with Gasteiger partial charge in [-0.2, -0.15) is 14.9 Å². The number of para-hydroxylation sites is 1. The van der Waals surface area contributed by atoms with Crippen LogP contribution in [-0.4, -0.2) is 30.6 Å². The van der Waals surface area contributed by atoms with Gasteiger partial charge in [0.2, 0.25) is 0 Å². The van der Waals surface area contributed by atoms with Gasteiger partial charge >= 0.3 is 0 Å². The number of fused-ring (bicyclic) bond motifs is 3. The Morgan fingerprint density at radius 1 is 1.13 bits per heavy atom. The Morgan fingerprint density at radius 3 is 2.73 bits per heavy atom. The molecule has 0 amide bonds. The standard InChI is InChI=1S/C22H18N6OS/c1-13-9-14(2)25-21-18(13)19-20(30-21)22(29)28(12-23-19)24-10-16-11-27(26-15(16)3)17-7-5-4-6-8-17/h4-12H,1-3H3. The maximum Gasteiger partial charge on any atom is 0.291 e. The van der Waals surface area contributed by atoms with Gasteiger partial charge in [0, 0.05) is 22.8 Å². The van der Waals surface area contributed by atoms with Crippen LogP contribution in [0.3, 0.4) is 0 Å². The quantitative estimate of drug-likeness (QED) is 0.418. The van der Waals surface area contributed by atoms with Crippen LogP contribution in [0, 0.1) is 20.8 Å². The van der Waals surface area contributed by atoms with E-state index in [9.17, 15) is 4.79 Å². The molecule has 0 radical (unpaired) electrons. The van der Waals surface area contributed by atoms with Crippen molar-refractivity contribution in [2.45, 2.75) is 20.8 Å². The van der Waals surface area contributed by atoms with E-state index in [4.69, 9.17) is 0 Å².